The van der Waals surface area contributed by atoms with Gasteiger partial charge in [-0.3, -0.25) is 0 Å². The molecule has 2 atom stereocenters. The highest BCUT2D eigenvalue weighted by atomic mass is 14.4. The Hall–Kier alpha value is -5.72. The van der Waals surface area contributed by atoms with Crippen molar-refractivity contribution < 1.29 is 0 Å². The van der Waals surface area contributed by atoms with E-state index in [1.165, 1.54) is 87.7 Å². The molecule has 10 rings (SSSR count). The van der Waals surface area contributed by atoms with E-state index in [9.17, 15) is 0 Å². The summed E-state index contributed by atoms with van der Waals surface area (Å²) in [5.41, 5.74) is 14.1. The Morgan fingerprint density at radius 2 is 1.04 bits per heavy atom. The summed E-state index contributed by atoms with van der Waals surface area (Å²) in [5, 5.41) is 8.10. The normalized spacial score (nSPS) is 19.2. The number of fused-ring (bicyclic) bond motifs is 5. The van der Waals surface area contributed by atoms with E-state index >= 15 is 0 Å². The summed E-state index contributed by atoms with van der Waals surface area (Å²) >= 11 is 0. The van der Waals surface area contributed by atoms with Gasteiger partial charge < -0.3 is 0 Å². The van der Waals surface area contributed by atoms with Crippen molar-refractivity contribution >= 4 is 44.3 Å². The van der Waals surface area contributed by atoms with E-state index in [2.05, 4.69) is 170 Å². The standard InChI is InChI=1S/C50H38/c1-2-15-34(16-3-1)47-39-18-6-8-20-41(39)48(42-21-9-7-19-40(42)47)35-27-29-36(30-28-35)49-43-22-10-12-24-45(43)50(46-25-13-11-23-44(46)49)38-31-26-33-14-4-5-17-37(33)32-38/h1-4,6-16,18-27,29,31-32,43,45H,5,17,28,30H2. The summed E-state index contributed by atoms with van der Waals surface area (Å²) in [6.45, 7) is 0. The maximum atomic E-state index is 2.48. The molecule has 2 unspecified atom stereocenters. The van der Waals surface area contributed by atoms with E-state index in [1.807, 2.05) is 0 Å². The van der Waals surface area contributed by atoms with E-state index in [-0.39, 0.29) is 0 Å². The van der Waals surface area contributed by atoms with Crippen LogP contribution in [0.4, 0.5) is 0 Å². The number of benzene rings is 6. The molecule has 0 N–H and O–H groups in total. The number of rotatable bonds is 4. The fourth-order valence-electron chi connectivity index (χ4n) is 9.27. The zero-order valence-electron chi connectivity index (χ0n) is 28.1. The van der Waals surface area contributed by atoms with Crippen LogP contribution in [0.15, 0.2) is 169 Å². The topological polar surface area (TPSA) is 0 Å². The molecule has 0 saturated carbocycles. The summed E-state index contributed by atoms with van der Waals surface area (Å²) < 4.78 is 0. The molecule has 238 valence electrons. The second-order valence-corrected chi connectivity index (χ2v) is 14.1. The molecule has 0 nitrogen and oxygen atoms in total. The van der Waals surface area contributed by atoms with Crippen molar-refractivity contribution in [3.63, 3.8) is 0 Å². The van der Waals surface area contributed by atoms with Crippen molar-refractivity contribution in [3.8, 4) is 11.1 Å². The molecule has 0 spiro atoms. The van der Waals surface area contributed by atoms with Crippen LogP contribution in [0.25, 0.3) is 55.5 Å². The Morgan fingerprint density at radius 1 is 0.460 bits per heavy atom. The molecule has 0 heterocycles. The van der Waals surface area contributed by atoms with Gasteiger partial charge in [-0.15, -0.1) is 0 Å². The monoisotopic (exact) mass is 638 g/mol. The number of allylic oxidation sites excluding steroid dienone is 9. The van der Waals surface area contributed by atoms with Gasteiger partial charge in [0, 0.05) is 11.8 Å². The minimum Gasteiger partial charge on any atom is -0.0836 e. The van der Waals surface area contributed by atoms with E-state index in [4.69, 9.17) is 0 Å². The summed E-state index contributed by atoms with van der Waals surface area (Å²) in [5.74, 6) is 0.626. The molecular formula is C50H38. The third kappa shape index (κ3) is 4.66. The Labute approximate surface area is 294 Å². The Kier molecular flexibility index (Phi) is 7.01. The lowest BCUT2D eigenvalue weighted by Crippen LogP contribution is -2.40. The molecule has 0 aromatic heterocycles. The smallest absolute Gasteiger partial charge is 0.0137 e. The quantitative estimate of drug-likeness (QED) is 0.169. The van der Waals surface area contributed by atoms with Gasteiger partial charge in [0.15, 0.2) is 0 Å². The molecule has 0 bridgehead atoms. The van der Waals surface area contributed by atoms with Crippen LogP contribution in [0.3, 0.4) is 0 Å². The Morgan fingerprint density at radius 3 is 1.72 bits per heavy atom. The first-order chi connectivity index (χ1) is 24.8. The zero-order chi connectivity index (χ0) is 33.0. The van der Waals surface area contributed by atoms with E-state index in [1.54, 1.807) is 0 Å². The van der Waals surface area contributed by atoms with Crippen molar-refractivity contribution in [2.75, 3.05) is 0 Å². The van der Waals surface area contributed by atoms with Crippen LogP contribution in [0.1, 0.15) is 41.5 Å². The predicted octanol–water partition coefficient (Wildman–Crippen LogP) is 11.1. The van der Waals surface area contributed by atoms with Crippen LogP contribution in [-0.4, -0.2) is 0 Å². The number of hydrogen-bond donors (Lipinski definition) is 0. The third-order valence-electron chi connectivity index (χ3n) is 11.5. The lowest BCUT2D eigenvalue weighted by atomic mass is 9.68. The SMILES string of the molecule is C1=CC2C(C3=CC=C(c4c5ccccc5c(-c5ccccc5)c5ccccc45)CC3)=c3ccccc3=C(c3ccc4c(c3)CCC=C4)C2C=C1. The molecule has 6 aromatic rings. The molecule has 0 amide bonds. The molecule has 0 saturated heterocycles. The van der Waals surface area contributed by atoms with Crippen molar-refractivity contribution in [1.29, 1.82) is 0 Å². The minimum atomic E-state index is 0.312. The second-order valence-electron chi connectivity index (χ2n) is 14.1. The van der Waals surface area contributed by atoms with Crippen molar-refractivity contribution in [2.24, 2.45) is 11.8 Å². The molecule has 0 aliphatic heterocycles. The van der Waals surface area contributed by atoms with Gasteiger partial charge >= 0.3 is 0 Å². The highest BCUT2D eigenvalue weighted by molar-refractivity contribution is 6.18. The fourth-order valence-corrected chi connectivity index (χ4v) is 9.27. The van der Waals surface area contributed by atoms with Crippen molar-refractivity contribution in [2.45, 2.75) is 25.7 Å². The van der Waals surface area contributed by atoms with Crippen LogP contribution in [0.2, 0.25) is 0 Å². The summed E-state index contributed by atoms with van der Waals surface area (Å²) in [6.07, 6.45) is 23.2. The van der Waals surface area contributed by atoms with Crippen molar-refractivity contribution in [3.05, 3.63) is 202 Å². The largest absolute Gasteiger partial charge is 0.0836 e. The lowest BCUT2D eigenvalue weighted by molar-refractivity contribution is 0.680. The van der Waals surface area contributed by atoms with Gasteiger partial charge in [-0.05, 0) is 113 Å². The van der Waals surface area contributed by atoms with Gasteiger partial charge in [-0.1, -0.05) is 170 Å². The maximum absolute atomic E-state index is 2.48. The molecule has 4 aliphatic carbocycles. The zero-order valence-corrected chi connectivity index (χ0v) is 28.1. The molecule has 0 fully saturated rings. The van der Waals surface area contributed by atoms with Gasteiger partial charge in [0.25, 0.3) is 0 Å². The van der Waals surface area contributed by atoms with Gasteiger partial charge in [-0.25, -0.2) is 0 Å². The summed E-state index contributed by atoms with van der Waals surface area (Å²) in [7, 11) is 0. The minimum absolute atomic E-state index is 0.312. The average Bonchev–Trinajstić information content (AvgIpc) is 3.19. The molecule has 0 radical (unpaired) electrons. The first-order valence-electron chi connectivity index (χ1n) is 18.2. The highest BCUT2D eigenvalue weighted by Gasteiger charge is 2.33. The molecule has 0 heteroatoms. The van der Waals surface area contributed by atoms with E-state index < -0.39 is 0 Å². The van der Waals surface area contributed by atoms with E-state index in [0.29, 0.717) is 11.8 Å². The summed E-state index contributed by atoms with van der Waals surface area (Å²) in [6, 6.07) is 45.3. The van der Waals surface area contributed by atoms with Gasteiger partial charge in [0.2, 0.25) is 0 Å². The predicted molar refractivity (Wildman–Crippen MR) is 213 cm³/mol. The Balaban J connectivity index is 1.17. The lowest BCUT2D eigenvalue weighted by Gasteiger charge is -2.35. The second kappa shape index (κ2) is 12.0. The first kappa shape index (κ1) is 29.2. The third-order valence-corrected chi connectivity index (χ3v) is 11.5. The van der Waals surface area contributed by atoms with Gasteiger partial charge in [0.1, 0.15) is 0 Å². The molecule has 6 aromatic carbocycles. The van der Waals surface area contributed by atoms with E-state index in [0.717, 1.165) is 25.7 Å². The highest BCUT2D eigenvalue weighted by Crippen LogP contribution is 2.46. The van der Waals surface area contributed by atoms with Gasteiger partial charge in [0.05, 0.1) is 0 Å². The van der Waals surface area contributed by atoms with Crippen LogP contribution in [-0.2, 0) is 6.42 Å². The molecule has 50 heavy (non-hydrogen) atoms. The van der Waals surface area contributed by atoms with Crippen LogP contribution < -0.4 is 10.4 Å². The maximum Gasteiger partial charge on any atom is 0.0137 e. The number of hydrogen-bond acceptors (Lipinski definition) is 0. The first-order valence-corrected chi connectivity index (χ1v) is 18.2. The van der Waals surface area contributed by atoms with Gasteiger partial charge in [-0.2, -0.15) is 0 Å². The number of aryl methyl sites for hydroxylation is 1. The van der Waals surface area contributed by atoms with Crippen LogP contribution in [0, 0.1) is 11.8 Å². The fraction of sp³-hybridized carbons (Fsp3) is 0.120. The molecular weight excluding hydrogens is 601 g/mol. The van der Waals surface area contributed by atoms with Crippen LogP contribution in [0.5, 0.6) is 0 Å². The Bertz CT molecular complexity index is 2580. The van der Waals surface area contributed by atoms with Crippen molar-refractivity contribution in [1.82, 2.24) is 0 Å². The average molecular weight is 639 g/mol. The molecule has 4 aliphatic rings. The van der Waals surface area contributed by atoms with Crippen LogP contribution >= 0.6 is 0 Å². The summed E-state index contributed by atoms with van der Waals surface area (Å²) in [4.78, 5) is 0.